The van der Waals surface area contributed by atoms with Gasteiger partial charge in [0.25, 0.3) is 11.8 Å². The van der Waals surface area contributed by atoms with Crippen LogP contribution in [0.2, 0.25) is 0 Å². The largest absolute Gasteiger partial charge is 0.497 e. The summed E-state index contributed by atoms with van der Waals surface area (Å²) in [6.45, 7) is 3.72. The minimum absolute atomic E-state index is 0.0502. The summed E-state index contributed by atoms with van der Waals surface area (Å²) in [6.07, 6.45) is 2.10. The van der Waals surface area contributed by atoms with E-state index in [1.54, 1.807) is 55.6 Å². The lowest BCUT2D eigenvalue weighted by molar-refractivity contribution is -0.118. The van der Waals surface area contributed by atoms with Crippen LogP contribution in [0.25, 0.3) is 0 Å². The molecule has 0 unspecified atom stereocenters. The molecule has 0 radical (unpaired) electrons. The van der Waals surface area contributed by atoms with E-state index in [1.165, 1.54) is 0 Å². The molecule has 0 bridgehead atoms. The number of likely N-dealkylation sites (tertiary alicyclic amines) is 1. The van der Waals surface area contributed by atoms with Gasteiger partial charge in [0.15, 0.2) is 6.61 Å². The molecular formula is C22H26N2O4. The molecule has 1 aliphatic rings. The van der Waals surface area contributed by atoms with E-state index in [9.17, 15) is 9.59 Å². The molecule has 1 heterocycles. The second kappa shape index (κ2) is 9.26. The molecule has 6 heteroatoms. The van der Waals surface area contributed by atoms with Crippen molar-refractivity contribution in [1.29, 1.82) is 0 Å². The number of rotatable bonds is 6. The van der Waals surface area contributed by atoms with E-state index in [0.717, 1.165) is 25.9 Å². The third kappa shape index (κ3) is 5.25. The summed E-state index contributed by atoms with van der Waals surface area (Å²) in [6, 6.07) is 14.1. The Hall–Kier alpha value is -3.02. The topological polar surface area (TPSA) is 67.9 Å². The highest BCUT2D eigenvalue weighted by atomic mass is 16.5. The molecule has 2 amide bonds. The Bertz CT molecular complexity index is 812. The second-order valence-corrected chi connectivity index (χ2v) is 7.07. The molecule has 0 spiro atoms. The first-order valence-electron chi connectivity index (χ1n) is 9.51. The van der Waals surface area contributed by atoms with Gasteiger partial charge in [-0.3, -0.25) is 9.59 Å². The van der Waals surface area contributed by atoms with Crippen LogP contribution in [0.3, 0.4) is 0 Å². The molecule has 148 valence electrons. The van der Waals surface area contributed by atoms with Crippen molar-refractivity contribution in [3.63, 3.8) is 0 Å². The lowest BCUT2D eigenvalue weighted by atomic mass is 9.98. The van der Waals surface area contributed by atoms with Crippen LogP contribution >= 0.6 is 0 Å². The number of anilines is 1. The Morgan fingerprint density at radius 1 is 1.07 bits per heavy atom. The molecule has 6 nitrogen and oxygen atoms in total. The molecule has 0 aliphatic carbocycles. The van der Waals surface area contributed by atoms with E-state index >= 15 is 0 Å². The number of amides is 2. The van der Waals surface area contributed by atoms with Gasteiger partial charge in [0.05, 0.1) is 7.11 Å². The first-order valence-corrected chi connectivity index (χ1v) is 9.51. The second-order valence-electron chi connectivity index (χ2n) is 7.07. The highest BCUT2D eigenvalue weighted by molar-refractivity contribution is 5.94. The van der Waals surface area contributed by atoms with Gasteiger partial charge in [0.1, 0.15) is 11.5 Å². The monoisotopic (exact) mass is 382 g/mol. The summed E-state index contributed by atoms with van der Waals surface area (Å²) in [5, 5.41) is 2.76. The molecule has 2 aromatic rings. The molecule has 0 atom stereocenters. The molecule has 3 rings (SSSR count). The number of ether oxygens (including phenoxy) is 2. The van der Waals surface area contributed by atoms with Crippen LogP contribution in [0.4, 0.5) is 5.69 Å². The number of methoxy groups -OCH3 is 1. The van der Waals surface area contributed by atoms with Crippen LogP contribution in [0, 0.1) is 5.92 Å². The minimum atomic E-state index is -0.268. The van der Waals surface area contributed by atoms with Gasteiger partial charge in [-0.1, -0.05) is 13.0 Å². The Balaban J connectivity index is 1.50. The molecule has 1 aliphatic heterocycles. The smallest absolute Gasteiger partial charge is 0.262 e. The molecule has 2 aromatic carbocycles. The van der Waals surface area contributed by atoms with Crippen molar-refractivity contribution in [2.45, 2.75) is 19.8 Å². The van der Waals surface area contributed by atoms with E-state index in [4.69, 9.17) is 9.47 Å². The van der Waals surface area contributed by atoms with Gasteiger partial charge in [-0.05, 0) is 55.2 Å². The Morgan fingerprint density at radius 3 is 2.46 bits per heavy atom. The van der Waals surface area contributed by atoms with E-state index in [-0.39, 0.29) is 18.4 Å². The van der Waals surface area contributed by atoms with Crippen LogP contribution in [0.5, 0.6) is 11.5 Å². The van der Waals surface area contributed by atoms with Crippen molar-refractivity contribution in [2.75, 3.05) is 32.1 Å². The highest BCUT2D eigenvalue weighted by Gasteiger charge is 2.21. The van der Waals surface area contributed by atoms with Crippen molar-refractivity contribution in [3.8, 4) is 11.5 Å². The zero-order chi connectivity index (χ0) is 19.9. The number of piperidine rings is 1. The fourth-order valence-electron chi connectivity index (χ4n) is 3.13. The van der Waals surface area contributed by atoms with Crippen molar-refractivity contribution >= 4 is 17.5 Å². The number of carbonyl (C=O) groups is 2. The molecule has 28 heavy (non-hydrogen) atoms. The van der Waals surface area contributed by atoms with Crippen molar-refractivity contribution in [2.24, 2.45) is 5.92 Å². The fraction of sp³-hybridized carbons (Fsp3) is 0.364. The Labute approximate surface area is 165 Å². The number of benzene rings is 2. The summed E-state index contributed by atoms with van der Waals surface area (Å²) < 4.78 is 10.7. The van der Waals surface area contributed by atoms with Crippen LogP contribution in [-0.4, -0.2) is 43.5 Å². The zero-order valence-corrected chi connectivity index (χ0v) is 16.3. The third-order valence-electron chi connectivity index (χ3n) is 4.90. The van der Waals surface area contributed by atoms with Gasteiger partial charge in [-0.25, -0.2) is 0 Å². The van der Waals surface area contributed by atoms with Gasteiger partial charge in [-0.2, -0.15) is 0 Å². The van der Waals surface area contributed by atoms with Gasteiger partial charge in [0.2, 0.25) is 0 Å². The number of hydrogen-bond acceptors (Lipinski definition) is 4. The third-order valence-corrected chi connectivity index (χ3v) is 4.90. The average molecular weight is 382 g/mol. The summed E-state index contributed by atoms with van der Waals surface area (Å²) >= 11 is 0. The molecule has 1 saturated heterocycles. The molecule has 1 fully saturated rings. The summed E-state index contributed by atoms with van der Waals surface area (Å²) in [4.78, 5) is 26.5. The van der Waals surface area contributed by atoms with Crippen molar-refractivity contribution < 1.29 is 19.1 Å². The first-order chi connectivity index (χ1) is 13.5. The van der Waals surface area contributed by atoms with Gasteiger partial charge in [-0.15, -0.1) is 0 Å². The Kier molecular flexibility index (Phi) is 6.53. The van der Waals surface area contributed by atoms with Gasteiger partial charge in [0, 0.05) is 30.4 Å². The van der Waals surface area contributed by atoms with E-state index in [0.29, 0.717) is 28.7 Å². The number of nitrogens with zero attached hydrogens (tertiary/aromatic N) is 1. The van der Waals surface area contributed by atoms with Crippen LogP contribution in [-0.2, 0) is 4.79 Å². The molecular weight excluding hydrogens is 356 g/mol. The van der Waals surface area contributed by atoms with Crippen molar-refractivity contribution in [3.05, 3.63) is 54.1 Å². The van der Waals surface area contributed by atoms with Gasteiger partial charge >= 0.3 is 0 Å². The predicted molar refractivity (Wildman–Crippen MR) is 108 cm³/mol. The first kappa shape index (κ1) is 19.7. The number of nitrogens with one attached hydrogen (secondary N) is 1. The highest BCUT2D eigenvalue weighted by Crippen LogP contribution is 2.20. The van der Waals surface area contributed by atoms with Crippen LogP contribution in [0.1, 0.15) is 30.1 Å². The lowest BCUT2D eigenvalue weighted by Crippen LogP contribution is -2.37. The van der Waals surface area contributed by atoms with Gasteiger partial charge < -0.3 is 19.7 Å². The van der Waals surface area contributed by atoms with E-state index < -0.39 is 0 Å². The van der Waals surface area contributed by atoms with Crippen LogP contribution < -0.4 is 14.8 Å². The normalized spacial score (nSPS) is 14.4. The lowest BCUT2D eigenvalue weighted by Gasteiger charge is -2.30. The van der Waals surface area contributed by atoms with E-state index in [2.05, 4.69) is 12.2 Å². The average Bonchev–Trinajstić information content (AvgIpc) is 2.73. The number of carbonyl (C=O) groups excluding carboxylic acids is 2. The number of hydrogen-bond donors (Lipinski definition) is 1. The summed E-state index contributed by atoms with van der Waals surface area (Å²) in [5.41, 5.74) is 1.28. The quantitative estimate of drug-likeness (QED) is 0.829. The maximum absolute atomic E-state index is 12.6. The van der Waals surface area contributed by atoms with Crippen LogP contribution in [0.15, 0.2) is 48.5 Å². The van der Waals surface area contributed by atoms with E-state index in [1.807, 2.05) is 4.90 Å². The Morgan fingerprint density at radius 2 is 1.79 bits per heavy atom. The molecule has 0 saturated carbocycles. The fourth-order valence-corrected chi connectivity index (χ4v) is 3.13. The molecule has 1 N–H and O–H groups in total. The van der Waals surface area contributed by atoms with Crippen molar-refractivity contribution in [1.82, 2.24) is 4.90 Å². The maximum Gasteiger partial charge on any atom is 0.262 e. The SMILES string of the molecule is COc1cccc(NC(=O)COc2ccc(C(=O)N3CCC(C)CC3)cc2)c1. The standard InChI is InChI=1S/C22H26N2O4/c1-16-10-12-24(13-11-16)22(26)17-6-8-19(9-7-17)28-15-21(25)23-18-4-3-5-20(14-18)27-2/h3-9,14,16H,10-13,15H2,1-2H3,(H,23,25). The summed E-state index contributed by atoms with van der Waals surface area (Å²) in [5.74, 6) is 1.68. The minimum Gasteiger partial charge on any atom is -0.497 e. The summed E-state index contributed by atoms with van der Waals surface area (Å²) in [7, 11) is 1.57. The maximum atomic E-state index is 12.6. The predicted octanol–water partition coefficient (Wildman–Crippen LogP) is 3.58. The zero-order valence-electron chi connectivity index (χ0n) is 16.3. The molecule has 0 aromatic heterocycles.